The van der Waals surface area contributed by atoms with E-state index in [1.54, 1.807) is 23.3 Å². The fourth-order valence-corrected chi connectivity index (χ4v) is 3.62. The maximum Gasteiger partial charge on any atom is 0.290 e. The number of furan rings is 2. The minimum Gasteiger partial charge on any atom is -0.467 e. The highest BCUT2D eigenvalue weighted by atomic mass is 35.5. The third kappa shape index (κ3) is 4.07. The number of halogens is 1. The summed E-state index contributed by atoms with van der Waals surface area (Å²) < 4.78 is 11.4. The number of hydrogen-bond donors (Lipinski definition) is 0. The summed E-state index contributed by atoms with van der Waals surface area (Å²) >= 11 is 6.13. The molecule has 0 bridgehead atoms. The molecule has 0 fully saturated rings. The van der Waals surface area contributed by atoms with Crippen molar-refractivity contribution in [1.29, 1.82) is 0 Å². The fraction of sp³-hybridized carbons (Fsp3) is 0.208. The van der Waals surface area contributed by atoms with E-state index in [0.29, 0.717) is 35.2 Å². The zero-order valence-corrected chi connectivity index (χ0v) is 17.9. The average Bonchev–Trinajstić information content (AvgIpc) is 3.35. The molecule has 0 aliphatic rings. The summed E-state index contributed by atoms with van der Waals surface area (Å²) in [4.78, 5) is 17.2. The predicted molar refractivity (Wildman–Crippen MR) is 119 cm³/mol. The lowest BCUT2D eigenvalue weighted by Crippen LogP contribution is -2.30. The van der Waals surface area contributed by atoms with Gasteiger partial charge in [0.2, 0.25) is 0 Å². The second-order valence-corrected chi connectivity index (χ2v) is 7.93. The Morgan fingerprint density at radius 3 is 2.47 bits per heavy atom. The summed E-state index contributed by atoms with van der Waals surface area (Å²) in [5.74, 6) is 0.849. The van der Waals surface area contributed by atoms with Gasteiger partial charge in [0.1, 0.15) is 11.3 Å². The Bertz CT molecular complexity index is 1160. The van der Waals surface area contributed by atoms with E-state index < -0.39 is 0 Å². The second-order valence-electron chi connectivity index (χ2n) is 7.50. The molecule has 0 saturated carbocycles. The van der Waals surface area contributed by atoms with Crippen molar-refractivity contribution in [2.75, 3.05) is 19.0 Å². The highest BCUT2D eigenvalue weighted by molar-refractivity contribution is 6.31. The summed E-state index contributed by atoms with van der Waals surface area (Å²) in [6, 6.07) is 17.2. The molecule has 1 amide bonds. The van der Waals surface area contributed by atoms with Gasteiger partial charge in [-0.05, 0) is 55.0 Å². The van der Waals surface area contributed by atoms with Crippen LogP contribution in [0.2, 0.25) is 5.02 Å². The van der Waals surface area contributed by atoms with Crippen LogP contribution in [0.1, 0.15) is 27.4 Å². The molecular weight excluding hydrogens is 400 g/mol. The van der Waals surface area contributed by atoms with Gasteiger partial charge < -0.3 is 18.6 Å². The maximum atomic E-state index is 13.5. The number of hydrogen-bond acceptors (Lipinski definition) is 4. The van der Waals surface area contributed by atoms with Gasteiger partial charge in [-0.2, -0.15) is 0 Å². The molecule has 6 heteroatoms. The van der Waals surface area contributed by atoms with Crippen molar-refractivity contribution < 1.29 is 13.6 Å². The predicted octanol–water partition coefficient (Wildman–Crippen LogP) is 5.90. The van der Waals surface area contributed by atoms with E-state index in [0.717, 1.165) is 22.2 Å². The van der Waals surface area contributed by atoms with Crippen LogP contribution in [0.4, 0.5) is 5.69 Å². The first-order valence-corrected chi connectivity index (χ1v) is 10.1. The summed E-state index contributed by atoms with van der Waals surface area (Å²) in [5.41, 5.74) is 3.56. The van der Waals surface area contributed by atoms with Gasteiger partial charge in [-0.15, -0.1) is 0 Å². The number of amides is 1. The lowest BCUT2D eigenvalue weighted by Gasteiger charge is -2.22. The molecule has 4 rings (SSSR count). The Morgan fingerprint density at radius 2 is 1.80 bits per heavy atom. The summed E-state index contributed by atoms with van der Waals surface area (Å²) in [7, 11) is 4.00. The van der Waals surface area contributed by atoms with Crippen LogP contribution in [-0.2, 0) is 13.1 Å². The Hall–Kier alpha value is -3.18. The molecule has 0 atom stereocenters. The normalized spacial score (nSPS) is 11.1. The van der Waals surface area contributed by atoms with Gasteiger partial charge in [-0.3, -0.25) is 4.79 Å². The highest BCUT2D eigenvalue weighted by Crippen LogP contribution is 2.29. The topological polar surface area (TPSA) is 49.8 Å². The van der Waals surface area contributed by atoms with Gasteiger partial charge in [0.15, 0.2) is 5.76 Å². The molecule has 2 aromatic carbocycles. The Morgan fingerprint density at radius 1 is 1.03 bits per heavy atom. The standard InChI is InChI=1S/C24H23ClN2O3/c1-16-21-13-18(25)8-11-22(21)30-23(16)24(28)27(15-20-5-4-12-29-20)14-17-6-9-19(10-7-17)26(2)3/h4-13H,14-15H2,1-3H3. The number of benzene rings is 2. The third-order valence-electron chi connectivity index (χ3n) is 5.13. The van der Waals surface area contributed by atoms with Gasteiger partial charge >= 0.3 is 0 Å². The molecule has 5 nitrogen and oxygen atoms in total. The first kappa shape index (κ1) is 20.1. The van der Waals surface area contributed by atoms with E-state index in [1.165, 1.54) is 0 Å². The van der Waals surface area contributed by atoms with Crippen LogP contribution in [0.25, 0.3) is 11.0 Å². The van der Waals surface area contributed by atoms with Crippen molar-refractivity contribution in [3.63, 3.8) is 0 Å². The average molecular weight is 423 g/mol. The largest absolute Gasteiger partial charge is 0.467 e. The van der Waals surface area contributed by atoms with Crippen molar-refractivity contribution in [1.82, 2.24) is 4.90 Å². The van der Waals surface area contributed by atoms with Crippen molar-refractivity contribution in [3.05, 3.63) is 88.5 Å². The Kier molecular flexibility index (Phi) is 5.55. The lowest BCUT2D eigenvalue weighted by molar-refractivity contribution is 0.0686. The van der Waals surface area contributed by atoms with Crippen LogP contribution in [-0.4, -0.2) is 24.9 Å². The van der Waals surface area contributed by atoms with Crippen LogP contribution < -0.4 is 4.90 Å². The van der Waals surface area contributed by atoms with Gasteiger partial charge in [0.05, 0.1) is 12.8 Å². The number of rotatable bonds is 6. The smallest absolute Gasteiger partial charge is 0.290 e. The molecule has 0 unspecified atom stereocenters. The van der Waals surface area contributed by atoms with Crippen LogP contribution in [0.15, 0.2) is 69.7 Å². The maximum absolute atomic E-state index is 13.5. The third-order valence-corrected chi connectivity index (χ3v) is 5.37. The van der Waals surface area contributed by atoms with Crippen molar-refractivity contribution >= 4 is 34.2 Å². The molecule has 0 saturated heterocycles. The monoisotopic (exact) mass is 422 g/mol. The molecule has 0 radical (unpaired) electrons. The van der Waals surface area contributed by atoms with Crippen LogP contribution in [0.3, 0.4) is 0 Å². The number of nitrogens with zero attached hydrogens (tertiary/aromatic N) is 2. The van der Waals surface area contributed by atoms with Crippen molar-refractivity contribution in [3.8, 4) is 0 Å². The first-order chi connectivity index (χ1) is 14.4. The van der Waals surface area contributed by atoms with E-state index in [4.69, 9.17) is 20.4 Å². The minimum atomic E-state index is -0.187. The van der Waals surface area contributed by atoms with Gasteiger partial charge in [0.25, 0.3) is 5.91 Å². The number of carbonyl (C=O) groups is 1. The van der Waals surface area contributed by atoms with Crippen LogP contribution in [0.5, 0.6) is 0 Å². The highest BCUT2D eigenvalue weighted by Gasteiger charge is 2.24. The molecule has 2 heterocycles. The first-order valence-electron chi connectivity index (χ1n) is 9.69. The van der Waals surface area contributed by atoms with Crippen molar-refractivity contribution in [2.24, 2.45) is 0 Å². The summed E-state index contributed by atoms with van der Waals surface area (Å²) in [6.45, 7) is 2.66. The quantitative estimate of drug-likeness (QED) is 0.388. The second kappa shape index (κ2) is 8.28. The minimum absolute atomic E-state index is 0.187. The molecule has 0 aliphatic heterocycles. The van der Waals surface area contributed by atoms with Gasteiger partial charge in [0, 0.05) is 42.3 Å². The fourth-order valence-electron chi connectivity index (χ4n) is 3.45. The van der Waals surface area contributed by atoms with E-state index >= 15 is 0 Å². The van der Waals surface area contributed by atoms with Crippen LogP contribution in [0, 0.1) is 6.92 Å². The summed E-state index contributed by atoms with van der Waals surface area (Å²) in [5, 5.41) is 1.46. The van der Waals surface area contributed by atoms with E-state index in [1.807, 2.05) is 68.4 Å². The number of fused-ring (bicyclic) bond motifs is 1. The molecule has 30 heavy (non-hydrogen) atoms. The van der Waals surface area contributed by atoms with Crippen LogP contribution >= 0.6 is 11.6 Å². The molecule has 2 aromatic heterocycles. The molecule has 0 aliphatic carbocycles. The van der Waals surface area contributed by atoms with Gasteiger partial charge in [-0.25, -0.2) is 0 Å². The molecule has 0 spiro atoms. The van der Waals surface area contributed by atoms with E-state index in [2.05, 4.69) is 0 Å². The number of aryl methyl sites for hydroxylation is 1. The molecule has 154 valence electrons. The lowest BCUT2D eigenvalue weighted by atomic mass is 10.1. The van der Waals surface area contributed by atoms with Gasteiger partial charge in [-0.1, -0.05) is 23.7 Å². The zero-order chi connectivity index (χ0) is 21.3. The Balaban J connectivity index is 1.66. The number of anilines is 1. The zero-order valence-electron chi connectivity index (χ0n) is 17.2. The molecular formula is C24H23ClN2O3. The number of carbonyl (C=O) groups excluding carboxylic acids is 1. The molecule has 4 aromatic rings. The Labute approximate surface area is 180 Å². The molecule has 0 N–H and O–H groups in total. The summed E-state index contributed by atoms with van der Waals surface area (Å²) in [6.07, 6.45) is 1.61. The SMILES string of the molecule is Cc1c(C(=O)N(Cc2ccc(N(C)C)cc2)Cc2ccco2)oc2ccc(Cl)cc12. The van der Waals surface area contributed by atoms with E-state index in [9.17, 15) is 4.79 Å². The van der Waals surface area contributed by atoms with E-state index in [-0.39, 0.29) is 5.91 Å². The van der Waals surface area contributed by atoms with Crippen molar-refractivity contribution in [2.45, 2.75) is 20.0 Å².